The smallest absolute Gasteiger partial charge is 0.306 e. The normalized spacial score (nSPS) is 27.6. The molecule has 4 unspecified atom stereocenters. The number of H-pyrrole nitrogens is 1. The molecule has 6 heteroatoms. The Morgan fingerprint density at radius 3 is 2.80 bits per heavy atom. The predicted molar refractivity (Wildman–Crippen MR) is 114 cm³/mol. The van der Waals surface area contributed by atoms with Crippen LogP contribution in [-0.4, -0.2) is 44.7 Å². The highest BCUT2D eigenvalue weighted by molar-refractivity contribution is 5.87. The Morgan fingerprint density at radius 1 is 1.20 bits per heavy atom. The van der Waals surface area contributed by atoms with Gasteiger partial charge in [-0.15, -0.1) is 0 Å². The first kappa shape index (κ1) is 19.6. The number of amides is 1. The number of aromatic amines is 1. The van der Waals surface area contributed by atoms with Crippen molar-refractivity contribution in [1.82, 2.24) is 15.1 Å². The summed E-state index contributed by atoms with van der Waals surface area (Å²) in [6.07, 6.45) is 7.33. The van der Waals surface area contributed by atoms with Crippen molar-refractivity contribution < 1.29 is 14.7 Å². The molecule has 2 N–H and O–H groups in total. The second-order valence-corrected chi connectivity index (χ2v) is 9.59. The van der Waals surface area contributed by atoms with E-state index in [2.05, 4.69) is 29.3 Å². The van der Waals surface area contributed by atoms with Crippen LogP contribution in [0.4, 0.5) is 0 Å². The number of benzene rings is 1. The number of carbonyl (C=O) groups excluding carboxylic acids is 1. The average Bonchev–Trinajstić information content (AvgIpc) is 3.50. The molecule has 1 aromatic heterocycles. The zero-order valence-electron chi connectivity index (χ0n) is 17.6. The molecule has 6 nitrogen and oxygen atoms in total. The standard InChI is InChI=1S/C24H31N3O3/c1-14(23-22-16(15-10-11-15)5-2-8-19(22)25-26-23)13-21(28)27-12-4-7-17-18(24(29)30)6-3-9-20(17)27/h2,5,8,14-15,17-18,20H,3-4,6-7,9-13H2,1H3,(H,25,26)(H,29,30). The summed E-state index contributed by atoms with van der Waals surface area (Å²) in [6.45, 7) is 2.87. The van der Waals surface area contributed by atoms with Crippen LogP contribution in [0.1, 0.15) is 81.4 Å². The highest BCUT2D eigenvalue weighted by Gasteiger charge is 2.43. The molecule has 4 atom stereocenters. The third-order valence-corrected chi connectivity index (χ3v) is 7.63. The maximum absolute atomic E-state index is 13.3. The fourth-order valence-electron chi connectivity index (χ4n) is 6.00. The molecule has 2 heterocycles. The number of nitrogens with zero attached hydrogens (tertiary/aromatic N) is 2. The van der Waals surface area contributed by atoms with Crippen molar-refractivity contribution >= 4 is 22.8 Å². The molecule has 160 valence electrons. The zero-order valence-corrected chi connectivity index (χ0v) is 17.6. The molecular weight excluding hydrogens is 378 g/mol. The lowest BCUT2D eigenvalue weighted by molar-refractivity contribution is -0.152. The first-order valence-corrected chi connectivity index (χ1v) is 11.5. The maximum atomic E-state index is 13.3. The van der Waals surface area contributed by atoms with Gasteiger partial charge in [-0.25, -0.2) is 0 Å². The van der Waals surface area contributed by atoms with Gasteiger partial charge in [0.15, 0.2) is 0 Å². The minimum atomic E-state index is -0.691. The second kappa shape index (κ2) is 7.71. The third kappa shape index (κ3) is 3.40. The van der Waals surface area contributed by atoms with Crippen LogP contribution in [0.3, 0.4) is 0 Å². The number of likely N-dealkylation sites (tertiary alicyclic amines) is 1. The van der Waals surface area contributed by atoms with Gasteiger partial charge in [-0.1, -0.05) is 25.5 Å². The first-order chi connectivity index (χ1) is 14.5. The third-order valence-electron chi connectivity index (χ3n) is 7.63. The van der Waals surface area contributed by atoms with E-state index in [1.807, 2.05) is 11.0 Å². The van der Waals surface area contributed by atoms with Gasteiger partial charge in [0.25, 0.3) is 0 Å². The number of aliphatic carboxylic acids is 1. The monoisotopic (exact) mass is 409 g/mol. The molecule has 5 rings (SSSR count). The summed E-state index contributed by atoms with van der Waals surface area (Å²) < 4.78 is 0. The number of aromatic nitrogens is 2. The van der Waals surface area contributed by atoms with E-state index in [0.29, 0.717) is 12.3 Å². The van der Waals surface area contributed by atoms with Crippen LogP contribution in [0, 0.1) is 11.8 Å². The number of hydrogen-bond donors (Lipinski definition) is 2. The molecule has 3 aliphatic rings. The Morgan fingerprint density at radius 2 is 2.03 bits per heavy atom. The van der Waals surface area contributed by atoms with Crippen LogP contribution in [-0.2, 0) is 9.59 Å². The van der Waals surface area contributed by atoms with E-state index < -0.39 is 5.97 Å². The molecule has 1 amide bonds. The SMILES string of the molecule is CC(CC(=O)N1CCCC2C(C(=O)O)CCCC21)c1[nH]nc2cccc(C3CC3)c12. The average molecular weight is 410 g/mol. The van der Waals surface area contributed by atoms with E-state index in [0.717, 1.165) is 49.9 Å². The number of carboxylic acids is 1. The highest BCUT2D eigenvalue weighted by atomic mass is 16.4. The summed E-state index contributed by atoms with van der Waals surface area (Å²) >= 11 is 0. The fourth-order valence-corrected chi connectivity index (χ4v) is 6.00. The quantitative estimate of drug-likeness (QED) is 0.765. The van der Waals surface area contributed by atoms with Crippen LogP contribution in [0.5, 0.6) is 0 Å². The van der Waals surface area contributed by atoms with Gasteiger partial charge in [-0.05, 0) is 62.0 Å². The van der Waals surface area contributed by atoms with Crippen LogP contribution in [0.25, 0.3) is 10.9 Å². The number of carbonyl (C=O) groups is 2. The number of fused-ring (bicyclic) bond motifs is 2. The molecule has 1 saturated heterocycles. The Kier molecular flexibility index (Phi) is 5.03. The van der Waals surface area contributed by atoms with E-state index in [4.69, 9.17) is 0 Å². The molecule has 0 spiro atoms. The number of piperidine rings is 1. The van der Waals surface area contributed by atoms with E-state index in [1.165, 1.54) is 23.8 Å². The molecule has 1 aromatic carbocycles. The fraction of sp³-hybridized carbons (Fsp3) is 0.625. The highest BCUT2D eigenvalue weighted by Crippen LogP contribution is 2.45. The van der Waals surface area contributed by atoms with Crippen LogP contribution in [0.15, 0.2) is 18.2 Å². The van der Waals surface area contributed by atoms with Crippen molar-refractivity contribution in [3.8, 4) is 0 Å². The topological polar surface area (TPSA) is 86.3 Å². The summed E-state index contributed by atoms with van der Waals surface area (Å²) in [5.41, 5.74) is 3.43. The van der Waals surface area contributed by atoms with E-state index in [-0.39, 0.29) is 29.7 Å². The summed E-state index contributed by atoms with van der Waals surface area (Å²) in [7, 11) is 0. The molecule has 1 aliphatic heterocycles. The van der Waals surface area contributed by atoms with Gasteiger partial charge in [0.1, 0.15) is 0 Å². The van der Waals surface area contributed by atoms with Gasteiger partial charge in [-0.3, -0.25) is 14.7 Å². The first-order valence-electron chi connectivity index (χ1n) is 11.5. The number of rotatable bonds is 5. The van der Waals surface area contributed by atoms with Gasteiger partial charge in [0.05, 0.1) is 11.4 Å². The minimum absolute atomic E-state index is 0.0571. The van der Waals surface area contributed by atoms with Crippen molar-refractivity contribution in [2.75, 3.05) is 6.54 Å². The molecule has 0 bridgehead atoms. The summed E-state index contributed by atoms with van der Waals surface area (Å²) in [6, 6.07) is 6.41. The molecule has 30 heavy (non-hydrogen) atoms. The lowest BCUT2D eigenvalue weighted by Gasteiger charge is -2.46. The zero-order chi connectivity index (χ0) is 20.8. The summed E-state index contributed by atoms with van der Waals surface area (Å²) in [5, 5.41) is 18.6. The lowest BCUT2D eigenvalue weighted by Crippen LogP contribution is -2.53. The Hall–Kier alpha value is -2.37. The minimum Gasteiger partial charge on any atom is -0.481 e. The molecule has 0 radical (unpaired) electrons. The van der Waals surface area contributed by atoms with E-state index in [9.17, 15) is 14.7 Å². The van der Waals surface area contributed by atoms with Crippen molar-refractivity contribution in [2.24, 2.45) is 11.8 Å². The van der Waals surface area contributed by atoms with Gasteiger partial charge in [0.2, 0.25) is 5.91 Å². The molecule has 2 aliphatic carbocycles. The summed E-state index contributed by atoms with van der Waals surface area (Å²) in [5.74, 6) is -0.0282. The Labute approximate surface area is 177 Å². The number of carboxylic acid groups (broad SMARTS) is 1. The molecule has 2 aromatic rings. The van der Waals surface area contributed by atoms with Crippen molar-refractivity contribution in [1.29, 1.82) is 0 Å². The van der Waals surface area contributed by atoms with Crippen molar-refractivity contribution in [3.63, 3.8) is 0 Å². The maximum Gasteiger partial charge on any atom is 0.306 e. The second-order valence-electron chi connectivity index (χ2n) is 9.59. The summed E-state index contributed by atoms with van der Waals surface area (Å²) in [4.78, 5) is 27.1. The Balaban J connectivity index is 1.35. The van der Waals surface area contributed by atoms with Gasteiger partial charge >= 0.3 is 5.97 Å². The van der Waals surface area contributed by atoms with Crippen molar-refractivity contribution in [3.05, 3.63) is 29.5 Å². The van der Waals surface area contributed by atoms with Crippen molar-refractivity contribution in [2.45, 2.75) is 76.2 Å². The molecule has 2 saturated carbocycles. The van der Waals surface area contributed by atoms with Crippen LogP contribution in [0.2, 0.25) is 0 Å². The van der Waals surface area contributed by atoms with Crippen LogP contribution < -0.4 is 0 Å². The van der Waals surface area contributed by atoms with Gasteiger partial charge in [0, 0.05) is 36.0 Å². The lowest BCUT2D eigenvalue weighted by atomic mass is 9.71. The van der Waals surface area contributed by atoms with Gasteiger partial charge < -0.3 is 10.0 Å². The van der Waals surface area contributed by atoms with E-state index in [1.54, 1.807) is 0 Å². The predicted octanol–water partition coefficient (Wildman–Crippen LogP) is 4.43. The van der Waals surface area contributed by atoms with E-state index >= 15 is 0 Å². The largest absolute Gasteiger partial charge is 0.481 e. The molecule has 3 fully saturated rings. The molecular formula is C24H31N3O3. The van der Waals surface area contributed by atoms with Crippen LogP contribution >= 0.6 is 0 Å². The number of hydrogen-bond acceptors (Lipinski definition) is 3. The number of nitrogens with one attached hydrogen (secondary N) is 1. The van der Waals surface area contributed by atoms with Gasteiger partial charge in [-0.2, -0.15) is 5.10 Å². The Bertz CT molecular complexity index is 964.